The quantitative estimate of drug-likeness (QED) is 0.636. The van der Waals surface area contributed by atoms with Crippen molar-refractivity contribution < 1.29 is 21.6 Å². The van der Waals surface area contributed by atoms with Crippen LogP contribution in [0.4, 0.5) is 5.69 Å². The highest BCUT2D eigenvalue weighted by Gasteiger charge is 2.21. The number of aryl methyl sites for hydroxylation is 3. The first-order chi connectivity index (χ1) is 13.8. The molecule has 0 aliphatic rings. The van der Waals surface area contributed by atoms with Gasteiger partial charge in [-0.15, -0.1) is 0 Å². The number of hydrogen-bond acceptors (Lipinski definition) is 5. The molecule has 0 spiro atoms. The molecular formula is C20H27N3O5S2. The van der Waals surface area contributed by atoms with Gasteiger partial charge in [0.1, 0.15) is 0 Å². The van der Waals surface area contributed by atoms with Gasteiger partial charge in [-0.2, -0.15) is 0 Å². The molecular weight excluding hydrogens is 426 g/mol. The van der Waals surface area contributed by atoms with E-state index in [4.69, 9.17) is 0 Å². The molecule has 0 aromatic heterocycles. The van der Waals surface area contributed by atoms with Crippen molar-refractivity contribution in [1.82, 2.24) is 9.03 Å². The van der Waals surface area contributed by atoms with Crippen LogP contribution in [0.3, 0.4) is 0 Å². The molecule has 0 radical (unpaired) electrons. The fourth-order valence-corrected chi connectivity index (χ4v) is 5.25. The minimum Gasteiger partial charge on any atom is -0.326 e. The average molecular weight is 454 g/mol. The van der Waals surface area contributed by atoms with Crippen molar-refractivity contribution in [2.75, 3.05) is 26.0 Å². The number of carbonyl (C=O) groups excluding carboxylic acids is 1. The fraction of sp³-hybridized carbons (Fsp3) is 0.350. The van der Waals surface area contributed by atoms with Crippen molar-refractivity contribution in [3.63, 3.8) is 0 Å². The first-order valence-corrected chi connectivity index (χ1v) is 12.2. The Kier molecular flexibility index (Phi) is 7.40. The Morgan fingerprint density at radius 3 is 2.13 bits per heavy atom. The summed E-state index contributed by atoms with van der Waals surface area (Å²) >= 11 is 0. The van der Waals surface area contributed by atoms with E-state index in [9.17, 15) is 21.6 Å². The summed E-state index contributed by atoms with van der Waals surface area (Å²) in [6, 6.07) is 9.73. The highest BCUT2D eigenvalue weighted by Crippen LogP contribution is 2.22. The van der Waals surface area contributed by atoms with Gasteiger partial charge in [0, 0.05) is 32.7 Å². The van der Waals surface area contributed by atoms with Gasteiger partial charge in [-0.3, -0.25) is 4.79 Å². The van der Waals surface area contributed by atoms with Gasteiger partial charge in [-0.25, -0.2) is 25.9 Å². The number of hydrogen-bond donors (Lipinski definition) is 2. The lowest BCUT2D eigenvalue weighted by molar-refractivity contribution is -0.116. The molecule has 10 heteroatoms. The number of benzene rings is 2. The van der Waals surface area contributed by atoms with Crippen LogP contribution in [0.25, 0.3) is 0 Å². The summed E-state index contributed by atoms with van der Waals surface area (Å²) in [5, 5.41) is 2.61. The highest BCUT2D eigenvalue weighted by atomic mass is 32.2. The highest BCUT2D eigenvalue weighted by molar-refractivity contribution is 7.89. The minimum absolute atomic E-state index is 0.0870. The van der Waals surface area contributed by atoms with Crippen LogP contribution in [0.5, 0.6) is 0 Å². The van der Waals surface area contributed by atoms with Gasteiger partial charge in [0.25, 0.3) is 0 Å². The standard InChI is InChI=1S/C20H27N3O5S2/c1-14-6-7-15(2)18(12-14)29(25,26)21-11-10-20(24)22-17-9-8-16(3)19(13-17)30(27,28)23(4)5/h6-9,12-13,21H,10-11H2,1-5H3,(H,22,24). The molecule has 8 nitrogen and oxygen atoms in total. The molecule has 0 unspecified atom stereocenters. The van der Waals surface area contributed by atoms with E-state index in [2.05, 4.69) is 10.0 Å². The third kappa shape index (κ3) is 5.66. The zero-order valence-corrected chi connectivity index (χ0v) is 19.3. The topological polar surface area (TPSA) is 113 Å². The van der Waals surface area contributed by atoms with Crippen molar-refractivity contribution in [2.24, 2.45) is 0 Å². The minimum atomic E-state index is -3.74. The van der Waals surface area contributed by atoms with E-state index >= 15 is 0 Å². The van der Waals surface area contributed by atoms with Crippen LogP contribution in [-0.2, 0) is 24.8 Å². The van der Waals surface area contributed by atoms with Crippen molar-refractivity contribution in [3.8, 4) is 0 Å². The Labute approximate surface area is 178 Å². The SMILES string of the molecule is Cc1ccc(C)c(S(=O)(=O)NCCC(=O)Nc2ccc(C)c(S(=O)(=O)N(C)C)c2)c1. The second-order valence-electron chi connectivity index (χ2n) is 7.23. The maximum absolute atomic E-state index is 12.5. The van der Waals surface area contributed by atoms with E-state index in [1.54, 1.807) is 45.0 Å². The largest absolute Gasteiger partial charge is 0.326 e. The van der Waals surface area contributed by atoms with Gasteiger partial charge < -0.3 is 5.32 Å². The number of amides is 1. The van der Waals surface area contributed by atoms with Crippen LogP contribution in [0.2, 0.25) is 0 Å². The van der Waals surface area contributed by atoms with E-state index in [1.165, 1.54) is 20.2 Å². The van der Waals surface area contributed by atoms with Crippen LogP contribution in [0.15, 0.2) is 46.2 Å². The van der Waals surface area contributed by atoms with E-state index < -0.39 is 26.0 Å². The number of anilines is 1. The predicted molar refractivity (Wildman–Crippen MR) is 116 cm³/mol. The molecule has 1 amide bonds. The lowest BCUT2D eigenvalue weighted by Gasteiger charge is -2.15. The normalized spacial score (nSPS) is 12.2. The summed E-state index contributed by atoms with van der Waals surface area (Å²) in [6.07, 6.45) is -0.103. The monoisotopic (exact) mass is 453 g/mol. The lowest BCUT2D eigenvalue weighted by Crippen LogP contribution is -2.28. The molecule has 0 saturated heterocycles. The zero-order valence-electron chi connectivity index (χ0n) is 17.7. The Balaban J connectivity index is 2.04. The maximum atomic E-state index is 12.5. The van der Waals surface area contributed by atoms with Gasteiger partial charge in [0.05, 0.1) is 9.79 Å². The molecule has 2 N–H and O–H groups in total. The molecule has 2 aromatic carbocycles. The number of rotatable bonds is 8. The summed E-state index contributed by atoms with van der Waals surface area (Å²) < 4.78 is 53.3. The second-order valence-corrected chi connectivity index (χ2v) is 11.1. The predicted octanol–water partition coefficient (Wildman–Crippen LogP) is 2.17. The van der Waals surface area contributed by atoms with Crippen molar-refractivity contribution in [1.29, 1.82) is 0 Å². The molecule has 0 fully saturated rings. The Morgan fingerprint density at radius 1 is 0.900 bits per heavy atom. The summed E-state index contributed by atoms with van der Waals surface area (Å²) in [5.74, 6) is -0.435. The van der Waals surface area contributed by atoms with Crippen LogP contribution in [0.1, 0.15) is 23.1 Å². The van der Waals surface area contributed by atoms with Crippen LogP contribution < -0.4 is 10.0 Å². The van der Waals surface area contributed by atoms with Crippen molar-refractivity contribution in [3.05, 3.63) is 53.1 Å². The summed E-state index contributed by atoms with van der Waals surface area (Å²) in [6.45, 7) is 5.09. The lowest BCUT2D eigenvalue weighted by atomic mass is 10.2. The van der Waals surface area contributed by atoms with Gasteiger partial charge in [0.2, 0.25) is 26.0 Å². The van der Waals surface area contributed by atoms with Gasteiger partial charge >= 0.3 is 0 Å². The summed E-state index contributed by atoms with van der Waals surface area (Å²) in [5.41, 5.74) is 2.32. The van der Waals surface area contributed by atoms with E-state index in [0.717, 1.165) is 9.87 Å². The van der Waals surface area contributed by atoms with E-state index in [0.29, 0.717) is 16.8 Å². The van der Waals surface area contributed by atoms with Crippen LogP contribution in [0, 0.1) is 20.8 Å². The smallest absolute Gasteiger partial charge is 0.242 e. The van der Waals surface area contributed by atoms with E-state index in [1.807, 2.05) is 6.07 Å². The Hall–Kier alpha value is -2.27. The van der Waals surface area contributed by atoms with Crippen LogP contribution >= 0.6 is 0 Å². The Morgan fingerprint density at radius 2 is 1.50 bits per heavy atom. The molecule has 164 valence electrons. The van der Waals surface area contributed by atoms with Crippen molar-refractivity contribution in [2.45, 2.75) is 37.0 Å². The molecule has 2 aromatic rings. The molecule has 0 bridgehead atoms. The molecule has 0 heterocycles. The fourth-order valence-electron chi connectivity index (χ4n) is 2.75. The third-order valence-electron chi connectivity index (χ3n) is 4.51. The van der Waals surface area contributed by atoms with Gasteiger partial charge in [-0.05, 0) is 55.7 Å². The third-order valence-corrected chi connectivity index (χ3v) is 8.07. The zero-order chi connectivity index (χ0) is 22.7. The maximum Gasteiger partial charge on any atom is 0.242 e. The second kappa shape index (κ2) is 9.25. The molecule has 0 atom stereocenters. The number of carbonyl (C=O) groups is 1. The molecule has 2 rings (SSSR count). The number of nitrogens with zero attached hydrogens (tertiary/aromatic N) is 1. The number of nitrogens with one attached hydrogen (secondary N) is 2. The van der Waals surface area contributed by atoms with Crippen molar-refractivity contribution >= 4 is 31.6 Å². The van der Waals surface area contributed by atoms with Gasteiger partial charge in [-0.1, -0.05) is 18.2 Å². The van der Waals surface area contributed by atoms with E-state index in [-0.39, 0.29) is 22.8 Å². The first kappa shape index (κ1) is 24.0. The first-order valence-electron chi connectivity index (χ1n) is 9.24. The molecule has 30 heavy (non-hydrogen) atoms. The average Bonchev–Trinajstić information content (AvgIpc) is 2.64. The Bertz CT molecular complexity index is 1160. The van der Waals surface area contributed by atoms with Crippen LogP contribution in [-0.4, -0.2) is 47.7 Å². The summed E-state index contributed by atoms with van der Waals surface area (Å²) in [4.78, 5) is 12.5. The number of sulfonamides is 2. The molecule has 0 aliphatic heterocycles. The molecule has 0 saturated carbocycles. The summed E-state index contributed by atoms with van der Waals surface area (Å²) in [7, 11) is -4.52. The molecule has 0 aliphatic carbocycles. The van der Waals surface area contributed by atoms with Gasteiger partial charge in [0.15, 0.2) is 0 Å².